The van der Waals surface area contributed by atoms with Gasteiger partial charge in [-0.15, -0.1) is 0 Å². The molecule has 0 amide bonds. The topological polar surface area (TPSA) is 35.5 Å². The third-order valence-corrected chi connectivity index (χ3v) is 2.86. The minimum absolute atomic E-state index is 0.283. The van der Waals surface area contributed by atoms with Gasteiger partial charge in [-0.25, -0.2) is 4.79 Å². The minimum Gasteiger partial charge on any atom is -0.497 e. The van der Waals surface area contributed by atoms with E-state index >= 15 is 0 Å². The van der Waals surface area contributed by atoms with E-state index in [0.29, 0.717) is 11.5 Å². The predicted molar refractivity (Wildman–Crippen MR) is 63.4 cm³/mol. The number of esters is 1. The number of alkyl halides is 2. The maximum atomic E-state index is 11.5. The van der Waals surface area contributed by atoms with E-state index in [2.05, 4.69) is 0 Å². The molecule has 0 heterocycles. The average Bonchev–Trinajstić information content (AvgIpc) is 2.30. The van der Waals surface area contributed by atoms with Gasteiger partial charge in [-0.1, -0.05) is 30.1 Å². The first-order valence-corrected chi connectivity index (χ1v) is 5.49. The van der Waals surface area contributed by atoms with Gasteiger partial charge in [0.2, 0.25) is 4.33 Å². The summed E-state index contributed by atoms with van der Waals surface area (Å²) >= 11 is 11.5. The summed E-state index contributed by atoms with van der Waals surface area (Å²) in [7, 11) is 1.56. The highest BCUT2D eigenvalue weighted by Gasteiger charge is 2.33. The van der Waals surface area contributed by atoms with Gasteiger partial charge in [0.15, 0.2) is 0 Å². The summed E-state index contributed by atoms with van der Waals surface area (Å²) in [6.45, 7) is 1.70. The fourth-order valence-electron chi connectivity index (χ4n) is 0.970. The van der Waals surface area contributed by atoms with Gasteiger partial charge < -0.3 is 9.47 Å². The van der Waals surface area contributed by atoms with E-state index in [1.807, 2.05) is 0 Å². The number of carbonyl (C=O) groups excluding carboxylic acids is 1. The van der Waals surface area contributed by atoms with E-state index in [-0.39, 0.29) is 6.42 Å². The largest absolute Gasteiger partial charge is 0.497 e. The molecular formula is C11H12Cl2O3. The van der Waals surface area contributed by atoms with Gasteiger partial charge in [0.1, 0.15) is 11.5 Å². The van der Waals surface area contributed by atoms with Crippen molar-refractivity contribution in [3.05, 3.63) is 24.3 Å². The van der Waals surface area contributed by atoms with Crippen molar-refractivity contribution in [3.63, 3.8) is 0 Å². The lowest BCUT2D eigenvalue weighted by atomic mass is 10.3. The Morgan fingerprint density at radius 1 is 1.25 bits per heavy atom. The van der Waals surface area contributed by atoms with Crippen LogP contribution in [-0.4, -0.2) is 17.4 Å². The first-order valence-electron chi connectivity index (χ1n) is 4.73. The van der Waals surface area contributed by atoms with Crippen LogP contribution in [0.3, 0.4) is 0 Å². The lowest BCUT2D eigenvalue weighted by molar-refractivity contribution is -0.135. The van der Waals surface area contributed by atoms with E-state index in [1.165, 1.54) is 0 Å². The van der Waals surface area contributed by atoms with E-state index in [1.54, 1.807) is 38.3 Å². The smallest absolute Gasteiger partial charge is 0.347 e. The molecule has 0 N–H and O–H groups in total. The summed E-state index contributed by atoms with van der Waals surface area (Å²) in [6.07, 6.45) is 0.283. The predicted octanol–water partition coefficient (Wildman–Crippen LogP) is 3.18. The van der Waals surface area contributed by atoms with Crippen LogP contribution in [0.5, 0.6) is 11.5 Å². The van der Waals surface area contributed by atoms with Crippen LogP contribution in [0.2, 0.25) is 0 Å². The maximum Gasteiger partial charge on any atom is 0.347 e. The normalized spacial score (nSPS) is 11.0. The zero-order valence-corrected chi connectivity index (χ0v) is 10.5. The van der Waals surface area contributed by atoms with Crippen molar-refractivity contribution in [2.45, 2.75) is 17.7 Å². The molecule has 0 aliphatic carbocycles. The van der Waals surface area contributed by atoms with Crippen molar-refractivity contribution in [2.75, 3.05) is 7.11 Å². The van der Waals surface area contributed by atoms with Crippen molar-refractivity contribution < 1.29 is 14.3 Å². The second-order valence-electron chi connectivity index (χ2n) is 3.12. The first kappa shape index (κ1) is 13.1. The Morgan fingerprint density at radius 2 is 1.75 bits per heavy atom. The summed E-state index contributed by atoms with van der Waals surface area (Å²) < 4.78 is 8.48. The number of carbonyl (C=O) groups is 1. The van der Waals surface area contributed by atoms with Crippen LogP contribution in [0.1, 0.15) is 13.3 Å². The molecule has 0 aliphatic heterocycles. The number of methoxy groups -OCH3 is 1. The molecule has 0 saturated carbocycles. The summed E-state index contributed by atoms with van der Waals surface area (Å²) in [4.78, 5) is 11.5. The Kier molecular flexibility index (Phi) is 4.44. The molecule has 0 saturated heterocycles. The van der Waals surface area contributed by atoms with Gasteiger partial charge in [-0.05, 0) is 30.7 Å². The van der Waals surface area contributed by atoms with Crippen molar-refractivity contribution in [1.82, 2.24) is 0 Å². The number of hydrogen-bond acceptors (Lipinski definition) is 3. The quantitative estimate of drug-likeness (QED) is 0.475. The first-order chi connectivity index (χ1) is 7.49. The third-order valence-electron chi connectivity index (χ3n) is 2.01. The van der Waals surface area contributed by atoms with Crippen molar-refractivity contribution in [1.29, 1.82) is 0 Å². The Balaban J connectivity index is 2.70. The van der Waals surface area contributed by atoms with E-state index < -0.39 is 10.3 Å². The number of hydrogen-bond donors (Lipinski definition) is 0. The summed E-state index contributed by atoms with van der Waals surface area (Å²) in [6, 6.07) is 6.57. The molecular weight excluding hydrogens is 251 g/mol. The zero-order chi connectivity index (χ0) is 12.2. The fourth-order valence-corrected chi connectivity index (χ4v) is 1.05. The molecule has 1 aromatic rings. The van der Waals surface area contributed by atoms with Gasteiger partial charge in [-0.3, -0.25) is 0 Å². The molecule has 0 spiro atoms. The maximum absolute atomic E-state index is 11.5. The van der Waals surface area contributed by atoms with Crippen LogP contribution in [0, 0.1) is 0 Å². The molecule has 3 nitrogen and oxygen atoms in total. The Labute approximate surface area is 104 Å². The molecule has 5 heteroatoms. The monoisotopic (exact) mass is 262 g/mol. The lowest BCUT2D eigenvalue weighted by Gasteiger charge is -2.15. The third kappa shape index (κ3) is 3.29. The molecule has 0 fully saturated rings. The number of halogens is 2. The number of benzene rings is 1. The van der Waals surface area contributed by atoms with E-state index in [9.17, 15) is 4.79 Å². The van der Waals surface area contributed by atoms with E-state index in [4.69, 9.17) is 32.7 Å². The van der Waals surface area contributed by atoms with Gasteiger partial charge in [-0.2, -0.15) is 0 Å². The Morgan fingerprint density at radius 3 is 2.19 bits per heavy atom. The lowest BCUT2D eigenvalue weighted by Crippen LogP contribution is -2.29. The molecule has 0 radical (unpaired) electrons. The van der Waals surface area contributed by atoms with Crippen LogP contribution in [0.15, 0.2) is 24.3 Å². The molecule has 16 heavy (non-hydrogen) atoms. The highest BCUT2D eigenvalue weighted by atomic mass is 35.5. The average molecular weight is 263 g/mol. The molecule has 0 aromatic heterocycles. The van der Waals surface area contributed by atoms with Crippen LogP contribution in [-0.2, 0) is 4.79 Å². The number of rotatable bonds is 4. The van der Waals surface area contributed by atoms with Crippen molar-refractivity contribution in [2.24, 2.45) is 0 Å². The summed E-state index contributed by atoms with van der Waals surface area (Å²) in [5.74, 6) is 0.381. The highest BCUT2D eigenvalue weighted by molar-refractivity contribution is 6.57. The van der Waals surface area contributed by atoms with Gasteiger partial charge in [0.25, 0.3) is 0 Å². The van der Waals surface area contributed by atoms with Crippen LogP contribution >= 0.6 is 23.2 Å². The number of ether oxygens (including phenoxy) is 2. The van der Waals surface area contributed by atoms with Gasteiger partial charge in [0, 0.05) is 0 Å². The van der Waals surface area contributed by atoms with Crippen LogP contribution < -0.4 is 9.47 Å². The molecule has 1 aromatic carbocycles. The Hall–Kier alpha value is -0.930. The SMILES string of the molecule is CCC(Cl)(Cl)C(=O)Oc1ccc(OC)cc1. The van der Waals surface area contributed by atoms with Crippen molar-refractivity contribution >= 4 is 29.2 Å². The highest BCUT2D eigenvalue weighted by Crippen LogP contribution is 2.28. The summed E-state index contributed by atoms with van der Waals surface area (Å²) in [5.41, 5.74) is 0. The zero-order valence-electron chi connectivity index (χ0n) is 9.00. The molecule has 1 rings (SSSR count). The fraction of sp³-hybridized carbons (Fsp3) is 0.364. The second kappa shape index (κ2) is 5.41. The molecule has 0 atom stereocenters. The summed E-state index contributed by atoms with van der Waals surface area (Å²) in [5, 5.41) is 0. The van der Waals surface area contributed by atoms with Gasteiger partial charge in [0.05, 0.1) is 7.11 Å². The molecule has 88 valence electrons. The Bertz CT molecular complexity index is 360. The van der Waals surface area contributed by atoms with E-state index in [0.717, 1.165) is 0 Å². The molecule has 0 bridgehead atoms. The van der Waals surface area contributed by atoms with Crippen LogP contribution in [0.4, 0.5) is 0 Å². The second-order valence-corrected chi connectivity index (χ2v) is 4.61. The minimum atomic E-state index is -1.50. The molecule has 0 unspecified atom stereocenters. The van der Waals surface area contributed by atoms with Crippen LogP contribution in [0.25, 0.3) is 0 Å². The standard InChI is InChI=1S/C11H12Cl2O3/c1-3-11(12,13)10(14)16-9-6-4-8(15-2)5-7-9/h4-7H,3H2,1-2H3. The van der Waals surface area contributed by atoms with Gasteiger partial charge >= 0.3 is 5.97 Å². The van der Waals surface area contributed by atoms with Crippen molar-refractivity contribution in [3.8, 4) is 11.5 Å². The molecule has 0 aliphatic rings.